The van der Waals surface area contributed by atoms with Crippen molar-refractivity contribution < 1.29 is 0 Å². The van der Waals surface area contributed by atoms with E-state index in [2.05, 4.69) is 23.1 Å². The van der Waals surface area contributed by atoms with Crippen molar-refractivity contribution >= 4 is 0 Å². The monoisotopic (exact) mass is 247 g/mol. The molecule has 1 N–H and O–H groups in total. The lowest BCUT2D eigenvalue weighted by atomic mass is 9.91. The predicted molar refractivity (Wildman–Crippen MR) is 73.7 cm³/mol. The molecular formula is C15H25N3. The van der Waals surface area contributed by atoms with E-state index in [0.717, 1.165) is 6.54 Å². The van der Waals surface area contributed by atoms with Crippen LogP contribution >= 0.6 is 0 Å². The Kier molecular flexibility index (Phi) is 3.69. The highest BCUT2D eigenvalue weighted by molar-refractivity contribution is 5.25. The molecule has 1 aromatic rings. The van der Waals surface area contributed by atoms with Gasteiger partial charge in [-0.2, -0.15) is 5.10 Å². The van der Waals surface area contributed by atoms with E-state index in [1.807, 2.05) is 0 Å². The summed E-state index contributed by atoms with van der Waals surface area (Å²) in [5, 5.41) is 8.33. The topological polar surface area (TPSA) is 29.9 Å². The number of nitrogens with zero attached hydrogens (tertiary/aromatic N) is 2. The van der Waals surface area contributed by atoms with Gasteiger partial charge in [0, 0.05) is 17.3 Å². The van der Waals surface area contributed by atoms with Gasteiger partial charge in [0.05, 0.1) is 12.2 Å². The molecule has 1 fully saturated rings. The second-order valence-electron chi connectivity index (χ2n) is 5.79. The van der Waals surface area contributed by atoms with Gasteiger partial charge >= 0.3 is 0 Å². The van der Waals surface area contributed by atoms with E-state index < -0.39 is 0 Å². The molecule has 3 heteroatoms. The van der Waals surface area contributed by atoms with Gasteiger partial charge in [-0.3, -0.25) is 4.68 Å². The third-order valence-electron chi connectivity index (χ3n) is 4.58. The summed E-state index contributed by atoms with van der Waals surface area (Å²) in [6, 6.07) is 1.24. The van der Waals surface area contributed by atoms with Crippen molar-refractivity contribution in [3.8, 4) is 0 Å². The van der Waals surface area contributed by atoms with Gasteiger partial charge in [-0.05, 0) is 38.6 Å². The summed E-state index contributed by atoms with van der Waals surface area (Å²) < 4.78 is 2.37. The predicted octanol–water partition coefficient (Wildman–Crippen LogP) is 3.38. The molecule has 100 valence electrons. The van der Waals surface area contributed by atoms with Crippen LogP contribution in [0.5, 0.6) is 0 Å². The fourth-order valence-electron chi connectivity index (χ4n) is 3.68. The number of hydrogen-bond acceptors (Lipinski definition) is 2. The molecule has 18 heavy (non-hydrogen) atoms. The molecule has 0 radical (unpaired) electrons. The molecule has 0 spiro atoms. The van der Waals surface area contributed by atoms with Gasteiger partial charge in [-0.15, -0.1) is 0 Å². The standard InChI is InChI=1S/C15H25N3/c1-2-16-14-9-6-10-15-13(14)11-17-18(15)12-7-4-3-5-8-12/h11-12,14,16H,2-10H2,1H3. The molecule has 0 aliphatic heterocycles. The number of nitrogens with one attached hydrogen (secondary N) is 1. The maximum absolute atomic E-state index is 4.73. The average Bonchev–Trinajstić information content (AvgIpc) is 2.85. The summed E-state index contributed by atoms with van der Waals surface area (Å²) in [7, 11) is 0. The minimum Gasteiger partial charge on any atom is -0.310 e. The molecule has 0 bridgehead atoms. The molecular weight excluding hydrogens is 222 g/mol. The minimum atomic E-state index is 0.552. The van der Waals surface area contributed by atoms with Crippen LogP contribution < -0.4 is 5.32 Å². The molecule has 0 aromatic carbocycles. The molecule has 0 saturated heterocycles. The largest absolute Gasteiger partial charge is 0.310 e. The number of hydrogen-bond donors (Lipinski definition) is 1. The minimum absolute atomic E-state index is 0.552. The summed E-state index contributed by atoms with van der Waals surface area (Å²) in [4.78, 5) is 0. The molecule has 1 aromatic heterocycles. The highest BCUT2D eigenvalue weighted by Crippen LogP contribution is 2.34. The molecule has 3 nitrogen and oxygen atoms in total. The van der Waals surface area contributed by atoms with Gasteiger partial charge in [-0.1, -0.05) is 26.2 Å². The summed E-state index contributed by atoms with van der Waals surface area (Å²) in [5.74, 6) is 0. The van der Waals surface area contributed by atoms with Crippen molar-refractivity contribution in [2.75, 3.05) is 6.54 Å². The van der Waals surface area contributed by atoms with Crippen LogP contribution in [-0.2, 0) is 6.42 Å². The Hall–Kier alpha value is -0.830. The van der Waals surface area contributed by atoms with Gasteiger partial charge in [0.2, 0.25) is 0 Å². The van der Waals surface area contributed by atoms with E-state index in [4.69, 9.17) is 5.10 Å². The quantitative estimate of drug-likeness (QED) is 0.887. The van der Waals surface area contributed by atoms with E-state index in [9.17, 15) is 0 Å². The van der Waals surface area contributed by atoms with Crippen molar-refractivity contribution in [2.45, 2.75) is 70.4 Å². The summed E-state index contributed by atoms with van der Waals surface area (Å²) in [6.45, 7) is 3.25. The third-order valence-corrected chi connectivity index (χ3v) is 4.58. The van der Waals surface area contributed by atoms with Crippen LogP contribution in [0.4, 0.5) is 0 Å². The van der Waals surface area contributed by atoms with Gasteiger partial charge < -0.3 is 5.32 Å². The van der Waals surface area contributed by atoms with Gasteiger partial charge in [0.25, 0.3) is 0 Å². The zero-order valence-electron chi connectivity index (χ0n) is 11.5. The lowest BCUT2D eigenvalue weighted by molar-refractivity contribution is 0.317. The zero-order valence-corrected chi connectivity index (χ0v) is 11.5. The van der Waals surface area contributed by atoms with Crippen molar-refractivity contribution in [1.82, 2.24) is 15.1 Å². The Morgan fingerprint density at radius 3 is 2.83 bits per heavy atom. The first-order chi connectivity index (χ1) is 8.90. The Morgan fingerprint density at radius 1 is 1.22 bits per heavy atom. The summed E-state index contributed by atoms with van der Waals surface area (Å²) in [5.41, 5.74) is 3.01. The Morgan fingerprint density at radius 2 is 2.06 bits per heavy atom. The van der Waals surface area contributed by atoms with E-state index in [1.54, 1.807) is 0 Å². The second-order valence-corrected chi connectivity index (χ2v) is 5.79. The first-order valence-corrected chi connectivity index (χ1v) is 7.69. The normalized spacial score (nSPS) is 25.1. The summed E-state index contributed by atoms with van der Waals surface area (Å²) >= 11 is 0. The van der Waals surface area contributed by atoms with Crippen LogP contribution in [0, 0.1) is 0 Å². The van der Waals surface area contributed by atoms with Gasteiger partial charge in [0.15, 0.2) is 0 Å². The van der Waals surface area contributed by atoms with E-state index in [1.165, 1.54) is 62.6 Å². The van der Waals surface area contributed by atoms with Crippen LogP contribution in [0.1, 0.15) is 75.2 Å². The van der Waals surface area contributed by atoms with Crippen molar-refractivity contribution in [3.63, 3.8) is 0 Å². The molecule has 1 unspecified atom stereocenters. The smallest absolute Gasteiger partial charge is 0.0540 e. The molecule has 2 aliphatic rings. The second kappa shape index (κ2) is 5.43. The van der Waals surface area contributed by atoms with Gasteiger partial charge in [-0.25, -0.2) is 0 Å². The van der Waals surface area contributed by atoms with Crippen molar-refractivity contribution in [3.05, 3.63) is 17.5 Å². The number of aromatic nitrogens is 2. The Bertz CT molecular complexity index is 390. The molecule has 1 atom stereocenters. The molecule has 1 saturated carbocycles. The zero-order chi connectivity index (χ0) is 12.4. The molecule has 0 amide bonds. The molecule has 2 aliphatic carbocycles. The van der Waals surface area contributed by atoms with Crippen LogP contribution in [0.25, 0.3) is 0 Å². The van der Waals surface area contributed by atoms with E-state index >= 15 is 0 Å². The van der Waals surface area contributed by atoms with E-state index in [-0.39, 0.29) is 0 Å². The fourth-order valence-corrected chi connectivity index (χ4v) is 3.68. The summed E-state index contributed by atoms with van der Waals surface area (Å²) in [6.07, 6.45) is 12.8. The van der Waals surface area contributed by atoms with Crippen molar-refractivity contribution in [2.24, 2.45) is 0 Å². The van der Waals surface area contributed by atoms with Gasteiger partial charge in [0.1, 0.15) is 0 Å². The number of fused-ring (bicyclic) bond motifs is 1. The van der Waals surface area contributed by atoms with Crippen LogP contribution in [0.2, 0.25) is 0 Å². The van der Waals surface area contributed by atoms with Crippen LogP contribution in [-0.4, -0.2) is 16.3 Å². The third kappa shape index (κ3) is 2.20. The first-order valence-electron chi connectivity index (χ1n) is 7.69. The first kappa shape index (κ1) is 12.2. The highest BCUT2D eigenvalue weighted by Gasteiger charge is 2.26. The SMILES string of the molecule is CCNC1CCCc2c1cnn2C1CCCCC1. The maximum Gasteiger partial charge on any atom is 0.0540 e. The lowest BCUT2D eigenvalue weighted by Gasteiger charge is -2.28. The number of rotatable bonds is 3. The Labute approximate surface area is 110 Å². The fraction of sp³-hybridized carbons (Fsp3) is 0.800. The maximum atomic E-state index is 4.73. The van der Waals surface area contributed by atoms with E-state index in [0.29, 0.717) is 12.1 Å². The molecule has 3 rings (SSSR count). The van der Waals surface area contributed by atoms with Crippen LogP contribution in [0.15, 0.2) is 6.20 Å². The average molecular weight is 247 g/mol. The van der Waals surface area contributed by atoms with Crippen LogP contribution in [0.3, 0.4) is 0 Å². The Balaban J connectivity index is 1.84. The highest BCUT2D eigenvalue weighted by atomic mass is 15.3. The lowest BCUT2D eigenvalue weighted by Crippen LogP contribution is -2.26. The van der Waals surface area contributed by atoms with Crippen molar-refractivity contribution in [1.29, 1.82) is 0 Å². The molecule has 1 heterocycles.